The van der Waals surface area contributed by atoms with Crippen LogP contribution in [-0.2, 0) is 17.8 Å². The van der Waals surface area contributed by atoms with Crippen molar-refractivity contribution in [2.45, 2.75) is 25.4 Å². The molecule has 0 bridgehead atoms. The first kappa shape index (κ1) is 16.2. The number of amides is 3. The zero-order valence-corrected chi connectivity index (χ0v) is 14.1. The maximum absolute atomic E-state index is 12.3. The van der Waals surface area contributed by atoms with Gasteiger partial charge in [-0.15, -0.1) is 0 Å². The van der Waals surface area contributed by atoms with E-state index < -0.39 is 12.1 Å². The fourth-order valence-electron chi connectivity index (χ4n) is 3.15. The second-order valence-electron chi connectivity index (χ2n) is 6.32. The third kappa shape index (κ3) is 3.39. The number of para-hydroxylation sites is 2. The molecule has 3 N–H and O–H groups in total. The molecular formula is C20H19N3O3. The lowest BCUT2D eigenvalue weighted by Crippen LogP contribution is -2.47. The minimum atomic E-state index is -0.571. The Kier molecular flexibility index (Phi) is 4.31. The maximum atomic E-state index is 12.3. The Morgan fingerprint density at radius 3 is 2.85 bits per heavy atom. The summed E-state index contributed by atoms with van der Waals surface area (Å²) in [6.07, 6.45) is 1.28. The van der Waals surface area contributed by atoms with Crippen LogP contribution in [0.4, 0.5) is 10.5 Å². The van der Waals surface area contributed by atoms with E-state index in [9.17, 15) is 9.59 Å². The van der Waals surface area contributed by atoms with E-state index in [0.29, 0.717) is 12.2 Å². The summed E-state index contributed by atoms with van der Waals surface area (Å²) in [5.74, 6) is 0.466. The summed E-state index contributed by atoms with van der Waals surface area (Å²) in [6.45, 7) is 0.259. The predicted molar refractivity (Wildman–Crippen MR) is 98.8 cm³/mol. The first-order valence-corrected chi connectivity index (χ1v) is 8.59. The van der Waals surface area contributed by atoms with Gasteiger partial charge in [-0.25, -0.2) is 4.79 Å². The van der Waals surface area contributed by atoms with Gasteiger partial charge < -0.3 is 20.4 Å². The summed E-state index contributed by atoms with van der Waals surface area (Å²) >= 11 is 0. The molecule has 2 aromatic carbocycles. The van der Waals surface area contributed by atoms with Gasteiger partial charge in [0.15, 0.2) is 0 Å². The van der Waals surface area contributed by atoms with Gasteiger partial charge in [-0.05, 0) is 36.6 Å². The molecule has 132 valence electrons. The fraction of sp³-hybridized carbons (Fsp3) is 0.200. The standard InChI is InChI=1S/C20H19N3O3/c24-19-17(10-9-13-5-1-3-7-16(13)22-19)23-20(25)21-12-15-11-14-6-2-4-8-18(14)26-15/h1-8,11,17H,9-10,12H2,(H,22,24)(H2,21,23,25). The third-order valence-electron chi connectivity index (χ3n) is 4.50. The van der Waals surface area contributed by atoms with Gasteiger partial charge in [-0.2, -0.15) is 0 Å². The van der Waals surface area contributed by atoms with Crippen molar-refractivity contribution in [3.8, 4) is 0 Å². The van der Waals surface area contributed by atoms with Crippen molar-refractivity contribution in [1.82, 2.24) is 10.6 Å². The van der Waals surface area contributed by atoms with Crippen LogP contribution in [0.15, 0.2) is 59.0 Å². The zero-order chi connectivity index (χ0) is 17.9. The zero-order valence-electron chi connectivity index (χ0n) is 14.1. The number of anilines is 1. The number of hydrogen-bond donors (Lipinski definition) is 3. The van der Waals surface area contributed by atoms with Gasteiger partial charge in [-0.3, -0.25) is 4.79 Å². The number of carbonyl (C=O) groups is 2. The Labute approximate surface area is 150 Å². The van der Waals surface area contributed by atoms with Crippen LogP contribution in [0.3, 0.4) is 0 Å². The van der Waals surface area contributed by atoms with Crippen molar-refractivity contribution >= 4 is 28.6 Å². The molecule has 4 rings (SSSR count). The number of aryl methyl sites for hydroxylation is 1. The number of urea groups is 1. The monoisotopic (exact) mass is 349 g/mol. The van der Waals surface area contributed by atoms with E-state index >= 15 is 0 Å². The normalized spacial score (nSPS) is 16.5. The first-order valence-electron chi connectivity index (χ1n) is 8.59. The lowest BCUT2D eigenvalue weighted by molar-refractivity contribution is -0.117. The quantitative estimate of drug-likeness (QED) is 0.679. The first-order chi connectivity index (χ1) is 12.7. The van der Waals surface area contributed by atoms with Crippen molar-refractivity contribution in [3.05, 3.63) is 65.9 Å². The highest BCUT2D eigenvalue weighted by Gasteiger charge is 2.24. The Hall–Kier alpha value is -3.28. The molecule has 0 saturated heterocycles. The van der Waals surface area contributed by atoms with Crippen LogP contribution in [0, 0.1) is 0 Å². The van der Waals surface area contributed by atoms with Gasteiger partial charge in [0.25, 0.3) is 0 Å². The van der Waals surface area contributed by atoms with Crippen LogP contribution >= 0.6 is 0 Å². The number of hydrogen-bond acceptors (Lipinski definition) is 3. The molecular weight excluding hydrogens is 330 g/mol. The Morgan fingerprint density at radius 2 is 1.96 bits per heavy atom. The van der Waals surface area contributed by atoms with Crippen LogP contribution in [0.2, 0.25) is 0 Å². The molecule has 1 atom stereocenters. The molecule has 1 aliphatic rings. The van der Waals surface area contributed by atoms with Gasteiger partial charge in [-0.1, -0.05) is 36.4 Å². The Morgan fingerprint density at radius 1 is 1.15 bits per heavy atom. The van der Waals surface area contributed by atoms with Crippen LogP contribution in [-0.4, -0.2) is 18.0 Å². The second-order valence-corrected chi connectivity index (χ2v) is 6.32. The molecule has 6 heteroatoms. The van der Waals surface area contributed by atoms with E-state index in [1.165, 1.54) is 0 Å². The van der Waals surface area contributed by atoms with E-state index in [1.807, 2.05) is 54.6 Å². The van der Waals surface area contributed by atoms with Crippen LogP contribution < -0.4 is 16.0 Å². The topological polar surface area (TPSA) is 83.4 Å². The van der Waals surface area contributed by atoms with Crippen molar-refractivity contribution in [3.63, 3.8) is 0 Å². The molecule has 2 heterocycles. The SMILES string of the molecule is O=C(NCc1cc2ccccc2o1)NC1CCc2ccccc2NC1=O. The van der Waals surface area contributed by atoms with Gasteiger partial charge in [0.2, 0.25) is 5.91 Å². The highest BCUT2D eigenvalue weighted by atomic mass is 16.3. The molecule has 1 unspecified atom stereocenters. The van der Waals surface area contributed by atoms with Crippen molar-refractivity contribution < 1.29 is 14.0 Å². The molecule has 6 nitrogen and oxygen atoms in total. The Balaban J connectivity index is 1.35. The van der Waals surface area contributed by atoms with Crippen LogP contribution in [0.5, 0.6) is 0 Å². The van der Waals surface area contributed by atoms with E-state index in [-0.39, 0.29) is 12.5 Å². The van der Waals surface area contributed by atoms with Gasteiger partial charge in [0.1, 0.15) is 17.4 Å². The lowest BCUT2D eigenvalue weighted by Gasteiger charge is -2.15. The van der Waals surface area contributed by atoms with Gasteiger partial charge in [0.05, 0.1) is 6.54 Å². The van der Waals surface area contributed by atoms with Gasteiger partial charge in [0, 0.05) is 11.1 Å². The largest absolute Gasteiger partial charge is 0.459 e. The smallest absolute Gasteiger partial charge is 0.315 e. The summed E-state index contributed by atoms with van der Waals surface area (Å²) in [4.78, 5) is 24.5. The van der Waals surface area contributed by atoms with Crippen molar-refractivity contribution in [1.29, 1.82) is 0 Å². The summed E-state index contributed by atoms with van der Waals surface area (Å²) in [5, 5.41) is 9.35. The van der Waals surface area contributed by atoms with E-state index in [0.717, 1.165) is 28.6 Å². The average molecular weight is 349 g/mol. The predicted octanol–water partition coefficient (Wildman–Crippen LogP) is 3.19. The molecule has 26 heavy (non-hydrogen) atoms. The van der Waals surface area contributed by atoms with Gasteiger partial charge >= 0.3 is 6.03 Å². The van der Waals surface area contributed by atoms with Crippen molar-refractivity contribution in [2.24, 2.45) is 0 Å². The molecule has 0 radical (unpaired) electrons. The second kappa shape index (κ2) is 6.92. The number of furan rings is 1. The molecule has 0 spiro atoms. The van der Waals surface area contributed by atoms with Crippen LogP contribution in [0.25, 0.3) is 11.0 Å². The minimum absolute atomic E-state index is 0.200. The molecule has 0 saturated carbocycles. The highest BCUT2D eigenvalue weighted by Crippen LogP contribution is 2.21. The van der Waals surface area contributed by atoms with E-state index in [2.05, 4.69) is 16.0 Å². The van der Waals surface area contributed by atoms with Crippen LogP contribution in [0.1, 0.15) is 17.7 Å². The van der Waals surface area contributed by atoms with E-state index in [4.69, 9.17) is 4.42 Å². The summed E-state index contributed by atoms with van der Waals surface area (Å²) in [7, 11) is 0. The number of fused-ring (bicyclic) bond motifs is 2. The number of benzene rings is 2. The summed E-state index contributed by atoms with van der Waals surface area (Å²) in [6, 6.07) is 16.3. The highest BCUT2D eigenvalue weighted by molar-refractivity contribution is 5.98. The maximum Gasteiger partial charge on any atom is 0.315 e. The minimum Gasteiger partial charge on any atom is -0.459 e. The summed E-state index contributed by atoms with van der Waals surface area (Å²) < 4.78 is 5.67. The molecule has 1 aromatic heterocycles. The Bertz CT molecular complexity index is 931. The molecule has 1 aliphatic heterocycles. The average Bonchev–Trinajstić information content (AvgIpc) is 3.00. The third-order valence-corrected chi connectivity index (χ3v) is 4.50. The fourth-order valence-corrected chi connectivity index (χ4v) is 3.15. The number of rotatable bonds is 3. The molecule has 0 aliphatic carbocycles. The molecule has 0 fully saturated rings. The molecule has 3 amide bonds. The molecule has 3 aromatic rings. The number of nitrogens with one attached hydrogen (secondary N) is 3. The number of carbonyl (C=O) groups excluding carboxylic acids is 2. The van der Waals surface area contributed by atoms with Crippen molar-refractivity contribution in [2.75, 3.05) is 5.32 Å². The summed E-state index contributed by atoms with van der Waals surface area (Å²) in [5.41, 5.74) is 2.67. The van der Waals surface area contributed by atoms with E-state index in [1.54, 1.807) is 0 Å². The lowest BCUT2D eigenvalue weighted by atomic mass is 10.1.